The van der Waals surface area contributed by atoms with Crippen LogP contribution in [-0.4, -0.2) is 36.2 Å². The monoisotopic (exact) mass is 333 g/mol. The SMILES string of the molecule is CS(=O)(=O)Cc1ccc(C(=O)N[C@H]2CCc3nccn3C2)cc1. The Bertz CT molecular complexity index is 809. The molecule has 0 bridgehead atoms. The predicted molar refractivity (Wildman–Crippen MR) is 86.8 cm³/mol. The van der Waals surface area contributed by atoms with Gasteiger partial charge in [-0.1, -0.05) is 12.1 Å². The zero-order valence-electron chi connectivity index (χ0n) is 12.9. The second kappa shape index (κ2) is 6.16. The van der Waals surface area contributed by atoms with Crippen LogP contribution in [0.1, 0.15) is 28.2 Å². The highest BCUT2D eigenvalue weighted by Crippen LogP contribution is 2.14. The molecule has 1 aromatic heterocycles. The lowest BCUT2D eigenvalue weighted by atomic mass is 10.1. The summed E-state index contributed by atoms with van der Waals surface area (Å²) in [6.07, 6.45) is 6.62. The lowest BCUT2D eigenvalue weighted by molar-refractivity contribution is 0.0927. The quantitative estimate of drug-likeness (QED) is 0.911. The molecule has 1 N–H and O–H groups in total. The van der Waals surface area contributed by atoms with Gasteiger partial charge in [-0.05, 0) is 24.1 Å². The molecule has 1 aromatic carbocycles. The first kappa shape index (κ1) is 15.7. The van der Waals surface area contributed by atoms with Gasteiger partial charge in [-0.25, -0.2) is 13.4 Å². The lowest BCUT2D eigenvalue weighted by Crippen LogP contribution is -2.40. The van der Waals surface area contributed by atoms with E-state index >= 15 is 0 Å². The molecule has 0 spiro atoms. The number of benzene rings is 1. The first-order valence-electron chi connectivity index (χ1n) is 7.48. The third-order valence-corrected chi connectivity index (χ3v) is 4.77. The Labute approximate surface area is 135 Å². The Morgan fingerprint density at radius 3 is 2.78 bits per heavy atom. The molecular weight excluding hydrogens is 314 g/mol. The van der Waals surface area contributed by atoms with Crippen molar-refractivity contribution in [2.75, 3.05) is 6.26 Å². The molecule has 0 aliphatic carbocycles. The predicted octanol–water partition coefficient (Wildman–Crippen LogP) is 1.17. The normalized spacial score (nSPS) is 17.5. The van der Waals surface area contributed by atoms with Crippen LogP contribution < -0.4 is 5.32 Å². The minimum atomic E-state index is -3.07. The van der Waals surface area contributed by atoms with Crippen LogP contribution in [0.4, 0.5) is 0 Å². The smallest absolute Gasteiger partial charge is 0.251 e. The van der Waals surface area contributed by atoms with Gasteiger partial charge < -0.3 is 9.88 Å². The first-order chi connectivity index (χ1) is 10.9. The van der Waals surface area contributed by atoms with Crippen LogP contribution in [0.15, 0.2) is 36.7 Å². The maximum Gasteiger partial charge on any atom is 0.251 e. The summed E-state index contributed by atoms with van der Waals surface area (Å²) in [5.41, 5.74) is 1.23. The number of nitrogens with one attached hydrogen (secondary N) is 1. The fourth-order valence-electron chi connectivity index (χ4n) is 2.81. The molecule has 0 saturated heterocycles. The topological polar surface area (TPSA) is 81.1 Å². The van der Waals surface area contributed by atoms with Crippen molar-refractivity contribution < 1.29 is 13.2 Å². The number of hydrogen-bond acceptors (Lipinski definition) is 4. The Balaban J connectivity index is 1.63. The molecule has 2 heterocycles. The average molecular weight is 333 g/mol. The highest BCUT2D eigenvalue weighted by molar-refractivity contribution is 7.89. The average Bonchev–Trinajstić information content (AvgIpc) is 2.94. The summed E-state index contributed by atoms with van der Waals surface area (Å²) in [6, 6.07) is 6.79. The van der Waals surface area contributed by atoms with Crippen LogP contribution in [0, 0.1) is 0 Å². The summed E-state index contributed by atoms with van der Waals surface area (Å²) >= 11 is 0. The Morgan fingerprint density at radius 1 is 1.35 bits per heavy atom. The summed E-state index contributed by atoms with van der Waals surface area (Å²) in [7, 11) is -3.07. The molecule has 1 atom stereocenters. The van der Waals surface area contributed by atoms with E-state index in [1.165, 1.54) is 6.26 Å². The number of hydrogen-bond donors (Lipinski definition) is 1. The molecule has 2 aromatic rings. The molecule has 3 rings (SSSR count). The van der Waals surface area contributed by atoms with E-state index in [1.54, 1.807) is 30.5 Å². The van der Waals surface area contributed by atoms with Crippen LogP contribution >= 0.6 is 0 Å². The van der Waals surface area contributed by atoms with Crippen molar-refractivity contribution in [3.05, 3.63) is 53.6 Å². The summed E-state index contributed by atoms with van der Waals surface area (Å²) in [4.78, 5) is 16.6. The molecule has 1 amide bonds. The number of rotatable bonds is 4. The summed E-state index contributed by atoms with van der Waals surface area (Å²) in [5.74, 6) is 0.908. The van der Waals surface area contributed by atoms with E-state index in [1.807, 2.05) is 6.20 Å². The number of imidazole rings is 1. The third-order valence-electron chi connectivity index (χ3n) is 3.92. The van der Waals surface area contributed by atoms with Gasteiger partial charge in [0.2, 0.25) is 0 Å². The molecule has 0 radical (unpaired) electrons. The molecule has 23 heavy (non-hydrogen) atoms. The fourth-order valence-corrected chi connectivity index (χ4v) is 3.61. The number of fused-ring (bicyclic) bond motifs is 1. The van der Waals surface area contributed by atoms with E-state index in [2.05, 4.69) is 14.9 Å². The summed E-state index contributed by atoms with van der Waals surface area (Å²) in [5, 5.41) is 3.03. The van der Waals surface area contributed by atoms with Crippen LogP contribution in [0.5, 0.6) is 0 Å². The van der Waals surface area contributed by atoms with Crippen molar-refractivity contribution in [1.82, 2.24) is 14.9 Å². The second-order valence-corrected chi connectivity index (χ2v) is 8.11. The van der Waals surface area contributed by atoms with Gasteiger partial charge in [-0.3, -0.25) is 4.79 Å². The lowest BCUT2D eigenvalue weighted by Gasteiger charge is -2.24. The highest BCUT2D eigenvalue weighted by atomic mass is 32.2. The number of sulfone groups is 1. The largest absolute Gasteiger partial charge is 0.347 e. The van der Waals surface area contributed by atoms with Gasteiger partial charge in [0, 0.05) is 43.2 Å². The van der Waals surface area contributed by atoms with Gasteiger partial charge in [0.25, 0.3) is 5.91 Å². The van der Waals surface area contributed by atoms with Gasteiger partial charge in [-0.15, -0.1) is 0 Å². The molecule has 1 aliphatic heterocycles. The highest BCUT2D eigenvalue weighted by Gasteiger charge is 2.20. The minimum absolute atomic E-state index is 0.0130. The van der Waals surface area contributed by atoms with Crippen molar-refractivity contribution in [3.63, 3.8) is 0 Å². The molecule has 7 heteroatoms. The fraction of sp³-hybridized carbons (Fsp3) is 0.375. The van der Waals surface area contributed by atoms with Crippen LogP contribution in [0.25, 0.3) is 0 Å². The standard InChI is InChI=1S/C16H19N3O3S/c1-23(21,22)11-12-2-4-13(5-3-12)16(20)18-14-6-7-15-17-8-9-19(15)10-14/h2-5,8-9,14H,6-7,10-11H2,1H3,(H,18,20)/t14-/m0/s1. The van der Waals surface area contributed by atoms with Crippen LogP contribution in [0.2, 0.25) is 0 Å². The van der Waals surface area contributed by atoms with Crippen molar-refractivity contribution in [2.45, 2.75) is 31.2 Å². The van der Waals surface area contributed by atoms with Gasteiger partial charge in [-0.2, -0.15) is 0 Å². The Hall–Kier alpha value is -2.15. The number of nitrogens with zero attached hydrogens (tertiary/aromatic N) is 2. The molecule has 0 fully saturated rings. The maximum atomic E-state index is 12.3. The van der Waals surface area contributed by atoms with Crippen molar-refractivity contribution in [3.8, 4) is 0 Å². The van der Waals surface area contributed by atoms with E-state index in [-0.39, 0.29) is 17.7 Å². The first-order valence-corrected chi connectivity index (χ1v) is 9.54. The number of aromatic nitrogens is 2. The Kier molecular flexibility index (Phi) is 4.21. The molecule has 6 nitrogen and oxygen atoms in total. The minimum Gasteiger partial charge on any atom is -0.347 e. The molecule has 0 unspecified atom stereocenters. The maximum absolute atomic E-state index is 12.3. The molecule has 122 valence electrons. The molecular formula is C16H19N3O3S. The summed E-state index contributed by atoms with van der Waals surface area (Å²) < 4.78 is 24.6. The van der Waals surface area contributed by atoms with Gasteiger partial charge in [0.05, 0.1) is 5.75 Å². The van der Waals surface area contributed by atoms with E-state index in [4.69, 9.17) is 0 Å². The summed E-state index contributed by atoms with van der Waals surface area (Å²) in [6.45, 7) is 0.729. The van der Waals surface area contributed by atoms with Crippen LogP contribution in [-0.2, 0) is 28.6 Å². The van der Waals surface area contributed by atoms with Crippen molar-refractivity contribution in [1.29, 1.82) is 0 Å². The van der Waals surface area contributed by atoms with Gasteiger partial charge in [0.15, 0.2) is 9.84 Å². The van der Waals surface area contributed by atoms with Crippen molar-refractivity contribution >= 4 is 15.7 Å². The number of aryl methyl sites for hydroxylation is 1. The molecule has 0 saturated carbocycles. The number of carbonyl (C=O) groups excluding carboxylic acids is 1. The van der Waals surface area contributed by atoms with E-state index in [0.717, 1.165) is 25.2 Å². The third kappa shape index (κ3) is 3.98. The Morgan fingerprint density at radius 2 is 2.09 bits per heavy atom. The zero-order chi connectivity index (χ0) is 16.4. The van der Waals surface area contributed by atoms with E-state index in [0.29, 0.717) is 11.1 Å². The van der Waals surface area contributed by atoms with E-state index in [9.17, 15) is 13.2 Å². The number of amides is 1. The zero-order valence-corrected chi connectivity index (χ0v) is 13.7. The second-order valence-electron chi connectivity index (χ2n) is 5.97. The van der Waals surface area contributed by atoms with Crippen molar-refractivity contribution in [2.24, 2.45) is 0 Å². The van der Waals surface area contributed by atoms with E-state index < -0.39 is 9.84 Å². The van der Waals surface area contributed by atoms with Gasteiger partial charge >= 0.3 is 0 Å². The number of carbonyl (C=O) groups is 1. The molecule has 1 aliphatic rings. The van der Waals surface area contributed by atoms with Crippen LogP contribution in [0.3, 0.4) is 0 Å². The van der Waals surface area contributed by atoms with Gasteiger partial charge in [0.1, 0.15) is 5.82 Å².